The molecule has 11 nitrogen and oxygen atoms in total. The summed E-state index contributed by atoms with van der Waals surface area (Å²) in [5.74, 6) is -1.87. The van der Waals surface area contributed by atoms with Crippen LogP contribution < -0.4 is 11.1 Å². The molecule has 1 aliphatic heterocycles. The number of aldehydes is 1. The third-order valence-corrected chi connectivity index (χ3v) is 6.79. The fourth-order valence-corrected chi connectivity index (χ4v) is 4.58. The van der Waals surface area contributed by atoms with E-state index in [0.717, 1.165) is 50.0 Å². The summed E-state index contributed by atoms with van der Waals surface area (Å²) in [7, 11) is 0. The number of halogens is 1. The molecule has 0 fully saturated rings. The number of primary amides is 1. The number of hydrogen-bond donors (Lipinski definition) is 2. The molecule has 3 N–H and O–H groups in total. The van der Waals surface area contributed by atoms with E-state index in [-0.39, 0.29) is 42.0 Å². The van der Waals surface area contributed by atoms with Gasteiger partial charge in [0.05, 0.1) is 43.2 Å². The summed E-state index contributed by atoms with van der Waals surface area (Å²) in [6.07, 6.45) is 7.28. The molecule has 1 heterocycles. The van der Waals surface area contributed by atoms with Gasteiger partial charge in [-0.2, -0.15) is 0 Å². The first-order chi connectivity index (χ1) is 19.9. The van der Waals surface area contributed by atoms with Gasteiger partial charge in [0.2, 0.25) is 11.8 Å². The monoisotopic (exact) mass is 595 g/mol. The first kappa shape index (κ1) is 34.3. The first-order valence-electron chi connectivity index (χ1n) is 14.2. The molecule has 1 atom stereocenters. The van der Waals surface area contributed by atoms with Gasteiger partial charge in [-0.15, -0.1) is 11.6 Å². The molecule has 0 bridgehead atoms. The van der Waals surface area contributed by atoms with Crippen molar-refractivity contribution in [3.63, 3.8) is 0 Å². The second kappa shape index (κ2) is 20.1. The zero-order valence-electron chi connectivity index (χ0n) is 23.6. The van der Waals surface area contributed by atoms with E-state index in [2.05, 4.69) is 5.32 Å². The van der Waals surface area contributed by atoms with Crippen LogP contribution in [0.4, 0.5) is 5.69 Å². The number of nitrogens with two attached hydrogens (primary N) is 1. The minimum atomic E-state index is -1.24. The molecule has 4 amide bonds. The predicted octanol–water partition coefficient (Wildman–Crippen LogP) is 3.46. The third kappa shape index (κ3) is 11.9. The van der Waals surface area contributed by atoms with Crippen molar-refractivity contribution in [2.45, 2.75) is 70.3 Å². The number of fused-ring (bicyclic) bond motifs is 1. The highest BCUT2D eigenvalue weighted by Crippen LogP contribution is 2.31. The van der Waals surface area contributed by atoms with Crippen LogP contribution in [-0.2, 0) is 28.6 Å². The number of nitrogens with one attached hydrogen (secondary N) is 1. The minimum Gasteiger partial charge on any atom is -0.379 e. The Morgan fingerprint density at radius 2 is 1.49 bits per heavy atom. The van der Waals surface area contributed by atoms with Crippen LogP contribution in [0.2, 0.25) is 0 Å². The average Bonchev–Trinajstić information content (AvgIpc) is 3.20. The van der Waals surface area contributed by atoms with Gasteiger partial charge in [-0.05, 0) is 44.2 Å². The largest absolute Gasteiger partial charge is 0.379 e. The summed E-state index contributed by atoms with van der Waals surface area (Å²) >= 11 is 5.64. The second-order valence-electron chi connectivity index (χ2n) is 9.67. The van der Waals surface area contributed by atoms with Crippen LogP contribution in [-0.4, -0.2) is 86.4 Å². The zero-order valence-corrected chi connectivity index (χ0v) is 24.3. The lowest BCUT2D eigenvalue weighted by Gasteiger charge is -2.22. The fraction of sp³-hybridized carbons (Fsp3) is 0.621. The van der Waals surface area contributed by atoms with Crippen molar-refractivity contribution in [3.8, 4) is 0 Å². The Labute approximate surface area is 246 Å². The van der Waals surface area contributed by atoms with Gasteiger partial charge >= 0.3 is 0 Å². The van der Waals surface area contributed by atoms with Crippen LogP contribution in [0.3, 0.4) is 0 Å². The molecule has 0 spiro atoms. The summed E-state index contributed by atoms with van der Waals surface area (Å²) < 4.78 is 16.6. The van der Waals surface area contributed by atoms with Crippen molar-refractivity contribution in [3.05, 3.63) is 29.3 Å². The zero-order chi connectivity index (χ0) is 29.9. The molecule has 1 aromatic carbocycles. The number of hydrogen-bond acceptors (Lipinski definition) is 8. The standard InChI is InChI=1S/C29H42ClN3O8/c30-14-5-1-2-6-16-39-18-20-41-21-19-40-17-7-3-4-13-25(35)32-23-11-8-10-22-26(23)29(38)33(28(22)37)24(27(31)36)12-9-15-34/h8,10-11,15,24H,1-7,9,12-14,16-21H2,(H2,31,36)(H,32,35). The number of unbranched alkanes of at least 4 members (excludes halogenated alkanes) is 5. The molecule has 1 aromatic rings. The van der Waals surface area contributed by atoms with Gasteiger partial charge in [-0.3, -0.25) is 24.1 Å². The molecule has 0 radical (unpaired) electrons. The lowest BCUT2D eigenvalue weighted by atomic mass is 10.1. The van der Waals surface area contributed by atoms with Gasteiger partial charge in [0.15, 0.2) is 0 Å². The van der Waals surface area contributed by atoms with E-state index in [4.69, 9.17) is 31.5 Å². The Kier molecular flexibility index (Phi) is 16.8. The Balaban J connectivity index is 1.61. The number of rotatable bonds is 24. The SMILES string of the molecule is NC(=O)C(CCC=O)N1C(=O)c2cccc(NC(=O)CCCCCOCCOCCOCCCCCCCl)c2C1=O. The highest BCUT2D eigenvalue weighted by atomic mass is 35.5. The van der Waals surface area contributed by atoms with Crippen molar-refractivity contribution in [2.24, 2.45) is 5.73 Å². The number of amides is 4. The lowest BCUT2D eigenvalue weighted by Crippen LogP contribution is -2.47. The first-order valence-corrected chi connectivity index (χ1v) is 14.8. The van der Waals surface area contributed by atoms with Gasteiger partial charge < -0.3 is 30.1 Å². The van der Waals surface area contributed by atoms with Crippen molar-refractivity contribution >= 4 is 47.2 Å². The second-order valence-corrected chi connectivity index (χ2v) is 10.0. The molecule has 1 unspecified atom stereocenters. The van der Waals surface area contributed by atoms with E-state index < -0.39 is 23.8 Å². The Morgan fingerprint density at radius 3 is 2.10 bits per heavy atom. The molecule has 12 heteroatoms. The summed E-state index contributed by atoms with van der Waals surface area (Å²) in [6, 6.07) is 3.29. The van der Waals surface area contributed by atoms with Crippen LogP contribution in [0.15, 0.2) is 18.2 Å². The number of imide groups is 1. The van der Waals surface area contributed by atoms with E-state index >= 15 is 0 Å². The maximum Gasteiger partial charge on any atom is 0.264 e. The van der Waals surface area contributed by atoms with E-state index in [9.17, 15) is 24.0 Å². The Bertz CT molecular complexity index is 1010. The molecule has 0 saturated heterocycles. The maximum atomic E-state index is 13.1. The van der Waals surface area contributed by atoms with Crippen LogP contribution in [0.5, 0.6) is 0 Å². The van der Waals surface area contributed by atoms with E-state index in [1.165, 1.54) is 12.1 Å². The van der Waals surface area contributed by atoms with Gasteiger partial charge in [0.1, 0.15) is 12.3 Å². The molecule has 2 rings (SSSR count). The normalized spacial score (nSPS) is 13.3. The van der Waals surface area contributed by atoms with Crippen molar-refractivity contribution in [1.29, 1.82) is 0 Å². The molecular formula is C29H42ClN3O8. The van der Waals surface area contributed by atoms with Crippen LogP contribution in [0.1, 0.15) is 84.9 Å². The van der Waals surface area contributed by atoms with Gasteiger partial charge in [0.25, 0.3) is 11.8 Å². The molecule has 0 saturated carbocycles. The topological polar surface area (TPSA) is 154 Å². The number of carbonyl (C=O) groups is 5. The maximum absolute atomic E-state index is 13.1. The summed E-state index contributed by atoms with van der Waals surface area (Å²) in [6.45, 7) is 3.40. The Hall–Kier alpha value is -2.86. The summed E-state index contributed by atoms with van der Waals surface area (Å²) in [5, 5.41) is 2.71. The van der Waals surface area contributed by atoms with Crippen molar-refractivity contribution in [1.82, 2.24) is 4.90 Å². The highest BCUT2D eigenvalue weighted by Gasteiger charge is 2.43. The number of carbonyl (C=O) groups excluding carboxylic acids is 5. The summed E-state index contributed by atoms with van der Waals surface area (Å²) in [4.78, 5) is 61.9. The molecule has 0 aromatic heterocycles. The minimum absolute atomic E-state index is 0.0171. The molecule has 0 aliphatic carbocycles. The number of anilines is 1. The van der Waals surface area contributed by atoms with Crippen molar-refractivity contribution in [2.75, 3.05) is 50.8 Å². The van der Waals surface area contributed by atoms with Gasteiger partial charge in [0, 0.05) is 31.9 Å². The van der Waals surface area contributed by atoms with E-state index in [1.54, 1.807) is 6.07 Å². The Morgan fingerprint density at radius 1 is 0.878 bits per heavy atom. The van der Waals surface area contributed by atoms with Gasteiger partial charge in [-0.1, -0.05) is 25.3 Å². The number of benzene rings is 1. The van der Waals surface area contributed by atoms with Crippen LogP contribution in [0.25, 0.3) is 0 Å². The predicted molar refractivity (Wildman–Crippen MR) is 154 cm³/mol. The molecule has 228 valence electrons. The molecule has 1 aliphatic rings. The number of ether oxygens (including phenoxy) is 3. The van der Waals surface area contributed by atoms with Crippen LogP contribution >= 0.6 is 11.6 Å². The number of nitrogens with zero attached hydrogens (tertiary/aromatic N) is 1. The van der Waals surface area contributed by atoms with Gasteiger partial charge in [-0.25, -0.2) is 0 Å². The smallest absolute Gasteiger partial charge is 0.264 e. The molecular weight excluding hydrogens is 554 g/mol. The average molecular weight is 596 g/mol. The summed E-state index contributed by atoms with van der Waals surface area (Å²) in [5.41, 5.74) is 5.69. The fourth-order valence-electron chi connectivity index (χ4n) is 4.39. The third-order valence-electron chi connectivity index (χ3n) is 6.53. The van der Waals surface area contributed by atoms with Crippen LogP contribution in [0, 0.1) is 0 Å². The number of alkyl halides is 1. The van der Waals surface area contributed by atoms with Crippen molar-refractivity contribution < 1.29 is 38.2 Å². The lowest BCUT2D eigenvalue weighted by molar-refractivity contribution is -0.122. The van der Waals surface area contributed by atoms with E-state index in [1.807, 2.05) is 0 Å². The molecule has 41 heavy (non-hydrogen) atoms. The quantitative estimate of drug-likeness (QED) is 0.0797. The highest BCUT2D eigenvalue weighted by molar-refractivity contribution is 6.25. The van der Waals surface area contributed by atoms with E-state index in [0.29, 0.717) is 51.6 Å².